The average Bonchev–Trinajstić information content (AvgIpc) is 2.55. The third-order valence-corrected chi connectivity index (χ3v) is 4.64. The van der Waals surface area contributed by atoms with E-state index in [9.17, 15) is 0 Å². The Morgan fingerprint density at radius 1 is 1.10 bits per heavy atom. The van der Waals surface area contributed by atoms with Crippen LogP contribution in [0.15, 0.2) is 0 Å². The smallest absolute Gasteiger partial charge is 0.0159 e. The predicted octanol–water partition coefficient (Wildman–Crippen LogP) is 4.01. The monoisotopic (exact) mass is 282 g/mol. The van der Waals surface area contributed by atoms with E-state index in [1.807, 2.05) is 0 Å². The molecule has 120 valence electrons. The summed E-state index contributed by atoms with van der Waals surface area (Å²) in [6, 6.07) is 0.689. The maximum atomic E-state index is 3.77. The molecule has 0 spiro atoms. The average molecular weight is 283 g/mol. The second-order valence-electron chi connectivity index (χ2n) is 8.33. The fourth-order valence-electron chi connectivity index (χ4n) is 3.97. The van der Waals surface area contributed by atoms with Crippen LogP contribution in [0.5, 0.6) is 0 Å². The third-order valence-electron chi connectivity index (χ3n) is 4.64. The Bertz CT molecular complexity index is 261. The number of hydrogen-bond donors (Lipinski definition) is 1. The van der Waals surface area contributed by atoms with Gasteiger partial charge in [0.05, 0.1) is 0 Å². The molecule has 0 saturated heterocycles. The minimum absolute atomic E-state index is 0.460. The molecule has 2 nitrogen and oxygen atoms in total. The van der Waals surface area contributed by atoms with Gasteiger partial charge in [0, 0.05) is 25.7 Å². The Morgan fingerprint density at radius 2 is 1.65 bits per heavy atom. The van der Waals surface area contributed by atoms with Gasteiger partial charge in [-0.3, -0.25) is 0 Å². The van der Waals surface area contributed by atoms with Crippen LogP contribution < -0.4 is 5.32 Å². The van der Waals surface area contributed by atoms with E-state index in [-0.39, 0.29) is 0 Å². The van der Waals surface area contributed by atoms with E-state index in [1.54, 1.807) is 0 Å². The molecule has 1 aliphatic carbocycles. The quantitative estimate of drug-likeness (QED) is 0.723. The Hall–Kier alpha value is -0.0800. The van der Waals surface area contributed by atoms with Crippen LogP contribution in [0.3, 0.4) is 0 Å². The van der Waals surface area contributed by atoms with Gasteiger partial charge in [-0.2, -0.15) is 0 Å². The zero-order valence-electron chi connectivity index (χ0n) is 15.0. The number of nitrogens with one attached hydrogen (secondary N) is 1. The van der Waals surface area contributed by atoms with Gasteiger partial charge in [-0.05, 0) is 42.6 Å². The van der Waals surface area contributed by atoms with E-state index in [4.69, 9.17) is 0 Å². The van der Waals surface area contributed by atoms with Crippen molar-refractivity contribution in [2.75, 3.05) is 26.2 Å². The summed E-state index contributed by atoms with van der Waals surface area (Å²) in [6.07, 6.45) is 2.75. The zero-order chi connectivity index (χ0) is 15.3. The summed E-state index contributed by atoms with van der Waals surface area (Å²) >= 11 is 0. The van der Waals surface area contributed by atoms with Crippen molar-refractivity contribution in [3.05, 3.63) is 0 Å². The van der Waals surface area contributed by atoms with Crippen LogP contribution in [0, 0.1) is 23.2 Å². The van der Waals surface area contributed by atoms with Crippen molar-refractivity contribution < 1.29 is 0 Å². The van der Waals surface area contributed by atoms with E-state index in [0.717, 1.165) is 24.3 Å². The van der Waals surface area contributed by atoms with Gasteiger partial charge in [-0.1, -0.05) is 48.5 Å². The molecule has 0 aromatic rings. The molecule has 2 unspecified atom stereocenters. The molecule has 1 saturated carbocycles. The summed E-state index contributed by atoms with van der Waals surface area (Å²) in [7, 11) is 0. The standard InChI is InChI=1S/C18H38N2/c1-8-19-17-16(9-10-18(17,6)7)13-20(11-14(2)3)12-15(4)5/h14-17,19H,8-13H2,1-7H3. The van der Waals surface area contributed by atoms with Crippen molar-refractivity contribution in [3.8, 4) is 0 Å². The Balaban J connectivity index is 2.66. The lowest BCUT2D eigenvalue weighted by Crippen LogP contribution is -2.46. The molecular formula is C18H38N2. The van der Waals surface area contributed by atoms with Gasteiger partial charge in [-0.15, -0.1) is 0 Å². The van der Waals surface area contributed by atoms with Crippen LogP contribution in [0.4, 0.5) is 0 Å². The lowest BCUT2D eigenvalue weighted by Gasteiger charge is -2.35. The first-order valence-electron chi connectivity index (χ1n) is 8.72. The number of hydrogen-bond acceptors (Lipinski definition) is 2. The first-order chi connectivity index (χ1) is 9.26. The number of nitrogens with zero attached hydrogens (tertiary/aromatic N) is 1. The molecule has 0 bridgehead atoms. The first-order valence-corrected chi connectivity index (χ1v) is 8.72. The second kappa shape index (κ2) is 7.79. The Kier molecular flexibility index (Phi) is 7.00. The van der Waals surface area contributed by atoms with Gasteiger partial charge in [0.15, 0.2) is 0 Å². The molecule has 1 N–H and O–H groups in total. The largest absolute Gasteiger partial charge is 0.313 e. The topological polar surface area (TPSA) is 15.3 Å². The Labute approximate surface area is 127 Å². The molecule has 0 aromatic carbocycles. The maximum Gasteiger partial charge on any atom is 0.0159 e. The molecule has 0 heterocycles. The van der Waals surface area contributed by atoms with Crippen LogP contribution in [0.1, 0.15) is 61.3 Å². The van der Waals surface area contributed by atoms with E-state index in [2.05, 4.69) is 58.7 Å². The van der Waals surface area contributed by atoms with Gasteiger partial charge in [0.1, 0.15) is 0 Å². The highest BCUT2D eigenvalue weighted by atomic mass is 15.1. The third kappa shape index (κ3) is 5.37. The lowest BCUT2D eigenvalue weighted by molar-refractivity contribution is 0.159. The van der Waals surface area contributed by atoms with Crippen LogP contribution in [-0.4, -0.2) is 37.1 Å². The van der Waals surface area contributed by atoms with Crippen LogP contribution in [0.2, 0.25) is 0 Å². The fourth-order valence-corrected chi connectivity index (χ4v) is 3.97. The van der Waals surface area contributed by atoms with Crippen LogP contribution >= 0.6 is 0 Å². The zero-order valence-corrected chi connectivity index (χ0v) is 15.0. The molecule has 2 atom stereocenters. The molecular weight excluding hydrogens is 244 g/mol. The second-order valence-corrected chi connectivity index (χ2v) is 8.33. The van der Waals surface area contributed by atoms with E-state index in [0.29, 0.717) is 11.5 Å². The molecule has 0 aliphatic heterocycles. The minimum atomic E-state index is 0.460. The van der Waals surface area contributed by atoms with Crippen LogP contribution in [-0.2, 0) is 0 Å². The van der Waals surface area contributed by atoms with Gasteiger partial charge in [-0.25, -0.2) is 0 Å². The lowest BCUT2D eigenvalue weighted by atomic mass is 9.84. The normalized spacial score (nSPS) is 26.1. The highest BCUT2D eigenvalue weighted by Gasteiger charge is 2.41. The SMILES string of the molecule is CCNC1C(CN(CC(C)C)CC(C)C)CCC1(C)C. The van der Waals surface area contributed by atoms with Crippen molar-refractivity contribution in [2.24, 2.45) is 23.2 Å². The van der Waals surface area contributed by atoms with Crippen molar-refractivity contribution in [1.82, 2.24) is 10.2 Å². The molecule has 1 fully saturated rings. The van der Waals surface area contributed by atoms with Gasteiger partial charge < -0.3 is 10.2 Å². The molecule has 0 aromatic heterocycles. The summed E-state index contributed by atoms with van der Waals surface area (Å²) < 4.78 is 0. The summed E-state index contributed by atoms with van der Waals surface area (Å²) in [5.74, 6) is 2.35. The highest BCUT2D eigenvalue weighted by molar-refractivity contribution is 4.97. The molecule has 0 amide bonds. The van der Waals surface area contributed by atoms with Crippen molar-refractivity contribution in [1.29, 1.82) is 0 Å². The van der Waals surface area contributed by atoms with Crippen molar-refractivity contribution in [3.63, 3.8) is 0 Å². The van der Waals surface area contributed by atoms with Crippen molar-refractivity contribution in [2.45, 2.75) is 67.3 Å². The highest BCUT2D eigenvalue weighted by Crippen LogP contribution is 2.41. The molecule has 0 radical (unpaired) electrons. The maximum absolute atomic E-state index is 3.77. The van der Waals surface area contributed by atoms with Crippen molar-refractivity contribution >= 4 is 0 Å². The fraction of sp³-hybridized carbons (Fsp3) is 1.00. The molecule has 1 rings (SSSR count). The van der Waals surface area contributed by atoms with Gasteiger partial charge in [0.25, 0.3) is 0 Å². The minimum Gasteiger partial charge on any atom is -0.313 e. The summed E-state index contributed by atoms with van der Waals surface area (Å²) in [4.78, 5) is 2.71. The summed E-state index contributed by atoms with van der Waals surface area (Å²) in [6.45, 7) is 21.3. The Morgan fingerprint density at radius 3 is 2.10 bits per heavy atom. The molecule has 1 aliphatic rings. The number of rotatable bonds is 8. The van der Waals surface area contributed by atoms with Gasteiger partial charge in [0.2, 0.25) is 0 Å². The first kappa shape index (κ1) is 18.0. The molecule has 20 heavy (non-hydrogen) atoms. The van der Waals surface area contributed by atoms with E-state index in [1.165, 1.54) is 32.5 Å². The van der Waals surface area contributed by atoms with Crippen LogP contribution in [0.25, 0.3) is 0 Å². The summed E-state index contributed by atoms with van der Waals surface area (Å²) in [5, 5.41) is 3.77. The van der Waals surface area contributed by atoms with E-state index < -0.39 is 0 Å². The molecule has 2 heteroatoms. The predicted molar refractivity (Wildman–Crippen MR) is 90.1 cm³/mol. The van der Waals surface area contributed by atoms with E-state index >= 15 is 0 Å². The van der Waals surface area contributed by atoms with Gasteiger partial charge >= 0.3 is 0 Å². The summed E-state index contributed by atoms with van der Waals surface area (Å²) in [5.41, 5.74) is 0.460.